The molecule has 1 aliphatic heterocycles. The maximum Gasteiger partial charge on any atom is 0.228 e. The first-order valence-corrected chi connectivity index (χ1v) is 7.51. The Labute approximate surface area is 129 Å². The van der Waals surface area contributed by atoms with Gasteiger partial charge in [-0.3, -0.25) is 4.90 Å². The zero-order valence-corrected chi connectivity index (χ0v) is 12.6. The van der Waals surface area contributed by atoms with E-state index in [1.807, 2.05) is 13.0 Å². The summed E-state index contributed by atoms with van der Waals surface area (Å²) in [5.74, 6) is 2.01. The van der Waals surface area contributed by atoms with Gasteiger partial charge in [0.25, 0.3) is 0 Å². The number of nitrogens with one attached hydrogen (secondary N) is 1. The van der Waals surface area contributed by atoms with Crippen molar-refractivity contribution in [1.29, 1.82) is 0 Å². The summed E-state index contributed by atoms with van der Waals surface area (Å²) in [4.78, 5) is 19.7. The van der Waals surface area contributed by atoms with Crippen molar-refractivity contribution in [2.45, 2.75) is 25.8 Å². The summed E-state index contributed by atoms with van der Waals surface area (Å²) in [5, 5.41) is 12.3. The van der Waals surface area contributed by atoms with Gasteiger partial charge in [0.1, 0.15) is 11.6 Å². The number of aliphatic hydroxyl groups is 1. The van der Waals surface area contributed by atoms with Gasteiger partial charge in [-0.15, -0.1) is 0 Å². The van der Waals surface area contributed by atoms with E-state index < -0.39 is 0 Å². The summed E-state index contributed by atoms with van der Waals surface area (Å²) in [7, 11) is 0. The quantitative estimate of drug-likeness (QED) is 0.864. The van der Waals surface area contributed by atoms with E-state index in [1.54, 1.807) is 18.5 Å². The third kappa shape index (κ3) is 3.37. The topological polar surface area (TPSA) is 87.1 Å². The van der Waals surface area contributed by atoms with Crippen molar-refractivity contribution < 1.29 is 5.11 Å². The fourth-order valence-corrected chi connectivity index (χ4v) is 2.80. The van der Waals surface area contributed by atoms with E-state index in [4.69, 9.17) is 0 Å². The Kier molecular flexibility index (Phi) is 4.55. The van der Waals surface area contributed by atoms with E-state index >= 15 is 0 Å². The summed E-state index contributed by atoms with van der Waals surface area (Å²) in [5.41, 5.74) is 0.902. The molecule has 0 aromatic carbocycles. The van der Waals surface area contributed by atoms with E-state index in [2.05, 4.69) is 30.2 Å². The van der Waals surface area contributed by atoms with E-state index in [1.165, 1.54) is 0 Å². The van der Waals surface area contributed by atoms with Crippen LogP contribution < -0.4 is 5.32 Å². The number of rotatable bonds is 5. The van der Waals surface area contributed by atoms with E-state index in [0.717, 1.165) is 30.9 Å². The molecule has 3 heterocycles. The predicted molar refractivity (Wildman–Crippen MR) is 82.7 cm³/mol. The Morgan fingerprint density at radius 1 is 1.32 bits per heavy atom. The van der Waals surface area contributed by atoms with E-state index in [-0.39, 0.29) is 12.6 Å². The first-order chi connectivity index (χ1) is 10.8. The molecule has 0 amide bonds. The van der Waals surface area contributed by atoms with Crippen LogP contribution in [0.15, 0.2) is 24.5 Å². The fraction of sp³-hybridized carbons (Fsp3) is 0.467. The van der Waals surface area contributed by atoms with Gasteiger partial charge in [-0.1, -0.05) is 0 Å². The molecule has 0 bridgehead atoms. The lowest BCUT2D eigenvalue weighted by molar-refractivity contribution is 0.181. The number of anilines is 2. The Morgan fingerprint density at radius 2 is 2.14 bits per heavy atom. The van der Waals surface area contributed by atoms with Gasteiger partial charge in [-0.05, 0) is 32.4 Å². The van der Waals surface area contributed by atoms with Crippen molar-refractivity contribution in [2.75, 3.05) is 25.0 Å². The normalized spacial score (nSPS) is 18.5. The van der Waals surface area contributed by atoms with Crippen LogP contribution >= 0.6 is 0 Å². The smallest absolute Gasteiger partial charge is 0.228 e. The van der Waals surface area contributed by atoms with Crippen LogP contribution in [0.4, 0.5) is 11.8 Å². The number of likely N-dealkylation sites (tertiary alicyclic amines) is 1. The second-order valence-electron chi connectivity index (χ2n) is 5.37. The van der Waals surface area contributed by atoms with Crippen molar-refractivity contribution in [2.24, 2.45) is 0 Å². The average molecular weight is 300 g/mol. The molecule has 0 saturated carbocycles. The average Bonchev–Trinajstić information content (AvgIpc) is 2.96. The second-order valence-corrected chi connectivity index (χ2v) is 5.37. The minimum atomic E-state index is 0.158. The molecule has 1 aliphatic rings. The van der Waals surface area contributed by atoms with Crippen LogP contribution in [0.2, 0.25) is 0 Å². The fourth-order valence-electron chi connectivity index (χ4n) is 2.80. The Morgan fingerprint density at radius 3 is 2.91 bits per heavy atom. The zero-order valence-electron chi connectivity index (χ0n) is 12.6. The lowest BCUT2D eigenvalue weighted by Gasteiger charge is -2.22. The minimum Gasteiger partial charge on any atom is -0.395 e. The summed E-state index contributed by atoms with van der Waals surface area (Å²) < 4.78 is 0. The van der Waals surface area contributed by atoms with Gasteiger partial charge in [0.15, 0.2) is 0 Å². The molecule has 2 N–H and O–H groups in total. The Bertz CT molecular complexity index is 621. The van der Waals surface area contributed by atoms with Crippen LogP contribution in [0.3, 0.4) is 0 Å². The van der Waals surface area contributed by atoms with Crippen molar-refractivity contribution in [3.63, 3.8) is 0 Å². The first kappa shape index (κ1) is 14.8. The molecule has 0 radical (unpaired) electrons. The molecule has 1 unspecified atom stereocenters. The highest BCUT2D eigenvalue weighted by Gasteiger charge is 2.28. The third-order valence-electron chi connectivity index (χ3n) is 3.73. The molecular formula is C15H20N6O. The molecule has 116 valence electrons. The van der Waals surface area contributed by atoms with Crippen LogP contribution in [0.1, 0.15) is 30.4 Å². The number of β-amino-alcohol motifs (C(OH)–C–C–N with tert-alkyl or cyclic N) is 1. The van der Waals surface area contributed by atoms with Gasteiger partial charge in [0, 0.05) is 30.7 Å². The van der Waals surface area contributed by atoms with Crippen molar-refractivity contribution in [3.05, 3.63) is 36.0 Å². The van der Waals surface area contributed by atoms with E-state index in [9.17, 15) is 5.11 Å². The number of hydrogen-bond donors (Lipinski definition) is 2. The standard InChI is InChI=1S/C15H20N6O/c1-11-10-13(20-15-16-5-3-6-17-15)19-14(18-11)12-4-2-7-21(12)8-9-22/h3,5-6,10,12,22H,2,4,7-9H2,1H3,(H,16,17,18,19,20). The highest BCUT2D eigenvalue weighted by atomic mass is 16.3. The lowest BCUT2D eigenvalue weighted by Crippen LogP contribution is -2.27. The van der Waals surface area contributed by atoms with Gasteiger partial charge >= 0.3 is 0 Å². The van der Waals surface area contributed by atoms with Crippen molar-refractivity contribution in [1.82, 2.24) is 24.8 Å². The van der Waals surface area contributed by atoms with Gasteiger partial charge in [-0.25, -0.2) is 19.9 Å². The van der Waals surface area contributed by atoms with Crippen LogP contribution in [-0.4, -0.2) is 49.6 Å². The molecule has 1 fully saturated rings. The molecular weight excluding hydrogens is 280 g/mol. The number of aromatic nitrogens is 4. The van der Waals surface area contributed by atoms with Crippen LogP contribution in [0.25, 0.3) is 0 Å². The molecule has 0 aliphatic carbocycles. The Hall–Kier alpha value is -2.12. The first-order valence-electron chi connectivity index (χ1n) is 7.51. The van der Waals surface area contributed by atoms with Crippen LogP contribution in [0, 0.1) is 6.92 Å². The van der Waals surface area contributed by atoms with E-state index in [0.29, 0.717) is 18.3 Å². The Balaban J connectivity index is 1.83. The largest absolute Gasteiger partial charge is 0.395 e. The SMILES string of the molecule is Cc1cc(Nc2ncccn2)nc(C2CCCN2CCO)n1. The van der Waals surface area contributed by atoms with Crippen molar-refractivity contribution >= 4 is 11.8 Å². The molecule has 2 aromatic rings. The maximum absolute atomic E-state index is 9.18. The highest BCUT2D eigenvalue weighted by molar-refractivity contribution is 5.47. The molecule has 7 heteroatoms. The number of aliphatic hydroxyl groups excluding tert-OH is 1. The molecule has 7 nitrogen and oxygen atoms in total. The van der Waals surface area contributed by atoms with Gasteiger partial charge in [0.05, 0.1) is 12.6 Å². The lowest BCUT2D eigenvalue weighted by atomic mass is 10.2. The summed E-state index contributed by atoms with van der Waals surface area (Å²) in [6, 6.07) is 3.82. The van der Waals surface area contributed by atoms with Gasteiger partial charge < -0.3 is 10.4 Å². The van der Waals surface area contributed by atoms with Crippen LogP contribution in [-0.2, 0) is 0 Å². The minimum absolute atomic E-state index is 0.158. The van der Waals surface area contributed by atoms with Gasteiger partial charge in [0.2, 0.25) is 5.95 Å². The highest BCUT2D eigenvalue weighted by Crippen LogP contribution is 2.30. The number of aryl methyl sites for hydroxylation is 1. The summed E-state index contributed by atoms with van der Waals surface area (Å²) >= 11 is 0. The molecule has 22 heavy (non-hydrogen) atoms. The van der Waals surface area contributed by atoms with Crippen molar-refractivity contribution in [3.8, 4) is 0 Å². The van der Waals surface area contributed by atoms with Gasteiger partial charge in [-0.2, -0.15) is 0 Å². The number of nitrogens with zero attached hydrogens (tertiary/aromatic N) is 5. The second kappa shape index (κ2) is 6.76. The molecule has 0 spiro atoms. The molecule has 2 aromatic heterocycles. The molecule has 1 saturated heterocycles. The maximum atomic E-state index is 9.18. The third-order valence-corrected chi connectivity index (χ3v) is 3.73. The molecule has 1 atom stereocenters. The summed E-state index contributed by atoms with van der Waals surface area (Å²) in [6.45, 7) is 3.75. The summed E-state index contributed by atoms with van der Waals surface area (Å²) in [6.07, 6.45) is 5.49. The zero-order chi connectivity index (χ0) is 15.4. The van der Waals surface area contributed by atoms with Crippen LogP contribution in [0.5, 0.6) is 0 Å². The molecule has 3 rings (SSSR count). The monoisotopic (exact) mass is 300 g/mol. The predicted octanol–water partition coefficient (Wildman–Crippen LogP) is 1.45. The number of hydrogen-bond acceptors (Lipinski definition) is 7.